The van der Waals surface area contributed by atoms with E-state index in [1.54, 1.807) is 25.7 Å². The Bertz CT molecular complexity index is 458. The Balaban J connectivity index is 2.59. The maximum Gasteiger partial charge on any atom is 0.0431 e. The van der Waals surface area contributed by atoms with Crippen LogP contribution < -0.4 is 0 Å². The van der Waals surface area contributed by atoms with Crippen LogP contribution in [0.1, 0.15) is 207 Å². The van der Waals surface area contributed by atoms with Crippen LogP contribution in [0.2, 0.25) is 0 Å². The van der Waals surface area contributed by atoms with Gasteiger partial charge in [-0.1, -0.05) is 175 Å². The van der Waals surface area contributed by atoms with Crippen LogP contribution in [0, 0.1) is 23.7 Å². The van der Waals surface area contributed by atoms with Crippen molar-refractivity contribution in [2.24, 2.45) is 23.7 Å². The molecule has 0 aromatic heterocycles. The predicted octanol–water partition coefficient (Wildman–Crippen LogP) is 12.8. The van der Waals surface area contributed by atoms with Gasteiger partial charge in [0, 0.05) is 6.61 Å². The molecular weight excluding hydrogens is 460 g/mol. The Morgan fingerprint density at radius 1 is 0.368 bits per heavy atom. The topological polar surface area (TPSA) is 20.2 Å². The summed E-state index contributed by atoms with van der Waals surface area (Å²) in [6.07, 6.45) is 41.8. The third-order valence-corrected chi connectivity index (χ3v) is 10.1. The van der Waals surface area contributed by atoms with Gasteiger partial charge in [-0.3, -0.25) is 0 Å². The molecule has 1 rings (SSSR count). The summed E-state index contributed by atoms with van der Waals surface area (Å²) in [6, 6.07) is 0. The third-order valence-electron chi connectivity index (χ3n) is 10.1. The van der Waals surface area contributed by atoms with Crippen molar-refractivity contribution in [2.45, 2.75) is 207 Å². The largest absolute Gasteiger partial charge is 0.396 e. The third kappa shape index (κ3) is 18.3. The lowest BCUT2D eigenvalue weighted by Gasteiger charge is -2.44. The van der Waals surface area contributed by atoms with Crippen molar-refractivity contribution < 1.29 is 5.11 Å². The van der Waals surface area contributed by atoms with E-state index in [9.17, 15) is 0 Å². The van der Waals surface area contributed by atoms with E-state index in [0.717, 1.165) is 30.1 Å². The molecule has 1 aliphatic rings. The molecule has 0 heterocycles. The SMILES string of the molecule is CCCCCCCCCC1CCC(CCCCCC)C(CCCCC)C1CCCCCCCCCCCO. The van der Waals surface area contributed by atoms with Gasteiger partial charge in [0.15, 0.2) is 0 Å². The van der Waals surface area contributed by atoms with E-state index in [1.807, 2.05) is 0 Å². The number of aliphatic hydroxyl groups excluding tert-OH is 1. The number of rotatable bonds is 28. The van der Waals surface area contributed by atoms with Crippen LogP contribution in [-0.2, 0) is 0 Å². The summed E-state index contributed by atoms with van der Waals surface area (Å²) >= 11 is 0. The van der Waals surface area contributed by atoms with Gasteiger partial charge in [-0.2, -0.15) is 0 Å². The highest BCUT2D eigenvalue weighted by Crippen LogP contribution is 2.47. The first-order chi connectivity index (χ1) is 18.8. The summed E-state index contributed by atoms with van der Waals surface area (Å²) in [5, 5.41) is 8.95. The Morgan fingerprint density at radius 3 is 1.08 bits per heavy atom. The van der Waals surface area contributed by atoms with E-state index in [1.165, 1.54) is 154 Å². The first kappa shape index (κ1) is 36.0. The van der Waals surface area contributed by atoms with Crippen LogP contribution in [-0.4, -0.2) is 11.7 Å². The van der Waals surface area contributed by atoms with Gasteiger partial charge in [0.1, 0.15) is 0 Å². The van der Waals surface area contributed by atoms with Crippen molar-refractivity contribution in [3.63, 3.8) is 0 Å². The molecule has 38 heavy (non-hydrogen) atoms. The lowest BCUT2D eigenvalue weighted by Crippen LogP contribution is -2.35. The second-order valence-corrected chi connectivity index (χ2v) is 13.4. The van der Waals surface area contributed by atoms with Crippen molar-refractivity contribution in [2.75, 3.05) is 6.61 Å². The van der Waals surface area contributed by atoms with Crippen molar-refractivity contribution in [1.29, 1.82) is 0 Å². The first-order valence-electron chi connectivity index (χ1n) is 18.4. The molecule has 1 aliphatic carbocycles. The molecule has 0 aromatic rings. The van der Waals surface area contributed by atoms with E-state index in [4.69, 9.17) is 5.11 Å². The van der Waals surface area contributed by atoms with Gasteiger partial charge < -0.3 is 5.11 Å². The van der Waals surface area contributed by atoms with Gasteiger partial charge in [0.2, 0.25) is 0 Å². The maximum absolute atomic E-state index is 8.95. The van der Waals surface area contributed by atoms with E-state index in [-0.39, 0.29) is 0 Å². The molecule has 1 saturated carbocycles. The van der Waals surface area contributed by atoms with Crippen LogP contribution in [0.4, 0.5) is 0 Å². The number of aliphatic hydroxyl groups is 1. The fourth-order valence-corrected chi connectivity index (χ4v) is 7.73. The highest BCUT2D eigenvalue weighted by atomic mass is 16.2. The van der Waals surface area contributed by atoms with Crippen molar-refractivity contribution in [3.05, 3.63) is 0 Å². The zero-order valence-corrected chi connectivity index (χ0v) is 27.0. The number of hydrogen-bond donors (Lipinski definition) is 1. The normalized spacial score (nSPS) is 21.8. The van der Waals surface area contributed by atoms with Crippen molar-refractivity contribution >= 4 is 0 Å². The quantitative estimate of drug-likeness (QED) is 0.0989. The molecule has 1 fully saturated rings. The zero-order valence-electron chi connectivity index (χ0n) is 27.0. The Kier molecular flexibility index (Phi) is 25.7. The summed E-state index contributed by atoms with van der Waals surface area (Å²) in [6.45, 7) is 7.45. The van der Waals surface area contributed by atoms with Gasteiger partial charge in [-0.15, -0.1) is 0 Å². The molecule has 0 amide bonds. The molecule has 0 bridgehead atoms. The standard InChI is InChI=1S/C37H74O/c1-4-7-10-12-16-19-24-28-35-32-31-34(27-23-11-8-5-2)36(29-22-9-6-3)37(35)30-25-20-17-14-13-15-18-21-26-33-38/h34-38H,4-33H2,1-3H3. The fraction of sp³-hybridized carbons (Fsp3) is 1.00. The zero-order chi connectivity index (χ0) is 27.5. The molecule has 228 valence electrons. The highest BCUT2D eigenvalue weighted by Gasteiger charge is 2.37. The Morgan fingerprint density at radius 2 is 0.658 bits per heavy atom. The Hall–Kier alpha value is -0.0400. The Labute approximate surface area is 242 Å². The molecule has 4 atom stereocenters. The van der Waals surface area contributed by atoms with Gasteiger partial charge in [0.25, 0.3) is 0 Å². The first-order valence-corrected chi connectivity index (χ1v) is 18.4. The average Bonchev–Trinajstić information content (AvgIpc) is 2.93. The van der Waals surface area contributed by atoms with Crippen molar-refractivity contribution in [1.82, 2.24) is 0 Å². The van der Waals surface area contributed by atoms with Crippen LogP contribution in [0.25, 0.3) is 0 Å². The molecule has 1 heteroatoms. The number of hydrogen-bond acceptors (Lipinski definition) is 1. The number of unbranched alkanes of at least 4 members (excludes halogenated alkanes) is 19. The summed E-state index contributed by atoms with van der Waals surface area (Å²) in [4.78, 5) is 0. The minimum absolute atomic E-state index is 0.375. The summed E-state index contributed by atoms with van der Waals surface area (Å²) in [5.41, 5.74) is 0. The second kappa shape index (κ2) is 27.1. The molecule has 0 radical (unpaired) electrons. The van der Waals surface area contributed by atoms with E-state index in [2.05, 4.69) is 20.8 Å². The molecule has 0 aliphatic heterocycles. The molecule has 0 saturated heterocycles. The van der Waals surface area contributed by atoms with Gasteiger partial charge in [-0.05, 0) is 55.8 Å². The molecule has 1 nitrogen and oxygen atoms in total. The molecule has 0 aromatic carbocycles. The average molecular weight is 535 g/mol. The molecular formula is C37H74O. The molecule has 4 unspecified atom stereocenters. The van der Waals surface area contributed by atoms with Crippen molar-refractivity contribution in [3.8, 4) is 0 Å². The highest BCUT2D eigenvalue weighted by molar-refractivity contribution is 4.88. The monoisotopic (exact) mass is 535 g/mol. The van der Waals surface area contributed by atoms with E-state index in [0.29, 0.717) is 6.61 Å². The minimum atomic E-state index is 0.375. The molecule has 1 N–H and O–H groups in total. The maximum atomic E-state index is 8.95. The summed E-state index contributed by atoms with van der Waals surface area (Å²) < 4.78 is 0. The molecule has 0 spiro atoms. The van der Waals surface area contributed by atoms with Gasteiger partial charge >= 0.3 is 0 Å². The van der Waals surface area contributed by atoms with E-state index < -0.39 is 0 Å². The van der Waals surface area contributed by atoms with Gasteiger partial charge in [-0.25, -0.2) is 0 Å². The lowest BCUT2D eigenvalue weighted by atomic mass is 9.61. The lowest BCUT2D eigenvalue weighted by molar-refractivity contribution is 0.0582. The van der Waals surface area contributed by atoms with Crippen LogP contribution in [0.5, 0.6) is 0 Å². The second-order valence-electron chi connectivity index (χ2n) is 13.4. The summed E-state index contributed by atoms with van der Waals surface area (Å²) in [5.74, 6) is 4.15. The van der Waals surface area contributed by atoms with Crippen LogP contribution in [0.3, 0.4) is 0 Å². The van der Waals surface area contributed by atoms with Gasteiger partial charge in [0.05, 0.1) is 0 Å². The smallest absolute Gasteiger partial charge is 0.0431 e. The van der Waals surface area contributed by atoms with Crippen LogP contribution >= 0.6 is 0 Å². The van der Waals surface area contributed by atoms with E-state index >= 15 is 0 Å². The predicted molar refractivity (Wildman–Crippen MR) is 172 cm³/mol. The van der Waals surface area contributed by atoms with Crippen LogP contribution in [0.15, 0.2) is 0 Å². The summed E-state index contributed by atoms with van der Waals surface area (Å²) in [7, 11) is 0. The minimum Gasteiger partial charge on any atom is -0.396 e. The fourth-order valence-electron chi connectivity index (χ4n) is 7.73.